The van der Waals surface area contributed by atoms with Gasteiger partial charge in [0.25, 0.3) is 0 Å². The van der Waals surface area contributed by atoms with E-state index in [9.17, 15) is 0 Å². The molecule has 1 saturated heterocycles. The molecule has 3 aromatic rings. The minimum atomic E-state index is 0.909. The Morgan fingerprint density at radius 1 is 0.957 bits per heavy atom. The molecule has 0 saturated carbocycles. The van der Waals surface area contributed by atoms with Gasteiger partial charge in [-0.15, -0.1) is 0 Å². The van der Waals surface area contributed by atoms with Crippen molar-refractivity contribution in [2.45, 2.75) is 13.8 Å². The molecule has 1 aliphatic rings. The number of benzene rings is 1. The smallest absolute Gasteiger partial charge is 0.142 e. The molecule has 118 valence electrons. The molecule has 1 aliphatic heterocycles. The first kappa shape index (κ1) is 14.1. The maximum Gasteiger partial charge on any atom is 0.142 e. The van der Waals surface area contributed by atoms with Crippen LogP contribution in [0, 0.1) is 13.8 Å². The van der Waals surface area contributed by atoms with E-state index >= 15 is 0 Å². The summed E-state index contributed by atoms with van der Waals surface area (Å²) in [6.45, 7) is 8.37. The number of nitrogens with zero attached hydrogens (tertiary/aromatic N) is 4. The summed E-state index contributed by atoms with van der Waals surface area (Å²) in [7, 11) is 0. The Morgan fingerprint density at radius 2 is 1.74 bits per heavy atom. The number of hydrogen-bond acceptors (Lipinski definition) is 4. The third-order valence-corrected chi connectivity index (χ3v) is 4.83. The number of fused-ring (bicyclic) bond motifs is 1. The fourth-order valence-electron chi connectivity index (χ4n) is 3.35. The van der Waals surface area contributed by atoms with Crippen LogP contribution in [0.4, 0.5) is 11.5 Å². The minimum absolute atomic E-state index is 0.909. The predicted molar refractivity (Wildman–Crippen MR) is 94.2 cm³/mol. The average Bonchev–Trinajstić information content (AvgIpc) is 3.06. The minimum Gasteiger partial charge on any atom is -0.368 e. The van der Waals surface area contributed by atoms with Crippen LogP contribution in [0.15, 0.2) is 36.8 Å². The van der Waals surface area contributed by atoms with Crippen LogP contribution in [-0.4, -0.2) is 41.1 Å². The van der Waals surface area contributed by atoms with Crippen LogP contribution in [0.1, 0.15) is 11.1 Å². The zero-order valence-corrected chi connectivity index (χ0v) is 13.6. The third-order valence-electron chi connectivity index (χ3n) is 4.83. The molecule has 0 atom stereocenters. The van der Waals surface area contributed by atoms with Crippen molar-refractivity contribution in [1.29, 1.82) is 0 Å². The highest BCUT2D eigenvalue weighted by molar-refractivity contribution is 5.87. The van der Waals surface area contributed by atoms with Crippen LogP contribution in [0.3, 0.4) is 0 Å². The molecular formula is C18H21N5. The number of piperazine rings is 1. The highest BCUT2D eigenvalue weighted by Gasteiger charge is 2.21. The Morgan fingerprint density at radius 3 is 2.57 bits per heavy atom. The lowest BCUT2D eigenvalue weighted by Gasteiger charge is -2.37. The summed E-state index contributed by atoms with van der Waals surface area (Å²) < 4.78 is 0. The average molecular weight is 307 g/mol. The van der Waals surface area contributed by atoms with E-state index in [0.717, 1.165) is 43.0 Å². The predicted octanol–water partition coefficient (Wildman–Crippen LogP) is 2.90. The number of aromatic nitrogens is 3. The first-order valence-electron chi connectivity index (χ1n) is 8.08. The van der Waals surface area contributed by atoms with Crippen LogP contribution < -0.4 is 9.80 Å². The second-order valence-electron chi connectivity index (χ2n) is 6.13. The van der Waals surface area contributed by atoms with Gasteiger partial charge in [0.1, 0.15) is 17.8 Å². The Balaban J connectivity index is 1.55. The van der Waals surface area contributed by atoms with Gasteiger partial charge in [0.2, 0.25) is 0 Å². The van der Waals surface area contributed by atoms with Crippen molar-refractivity contribution in [3.05, 3.63) is 47.9 Å². The highest BCUT2D eigenvalue weighted by Crippen LogP contribution is 2.27. The maximum atomic E-state index is 4.51. The number of nitrogens with one attached hydrogen (secondary N) is 1. The van der Waals surface area contributed by atoms with Gasteiger partial charge >= 0.3 is 0 Å². The molecule has 0 aliphatic carbocycles. The Labute approximate surface area is 136 Å². The van der Waals surface area contributed by atoms with E-state index in [1.807, 2.05) is 6.20 Å². The summed E-state index contributed by atoms with van der Waals surface area (Å²) in [4.78, 5) is 16.8. The van der Waals surface area contributed by atoms with Crippen LogP contribution in [0.5, 0.6) is 0 Å². The molecule has 3 heterocycles. The zero-order chi connectivity index (χ0) is 15.8. The molecule has 1 aromatic carbocycles. The maximum absolute atomic E-state index is 4.51. The molecule has 0 radical (unpaired) electrons. The van der Waals surface area contributed by atoms with Gasteiger partial charge in [-0.25, -0.2) is 9.97 Å². The standard InChI is InChI=1S/C18H21N5/c1-13-4-3-5-16(14(13)2)22-8-10-23(11-9-22)18-15-6-7-19-17(15)20-12-21-18/h3-7,12H,8-11H2,1-2H3,(H,19,20,21). The van der Waals surface area contributed by atoms with Crippen LogP contribution in [-0.2, 0) is 0 Å². The molecule has 23 heavy (non-hydrogen) atoms. The second-order valence-corrected chi connectivity index (χ2v) is 6.13. The summed E-state index contributed by atoms with van der Waals surface area (Å²) in [5.41, 5.74) is 5.01. The van der Waals surface area contributed by atoms with Gasteiger partial charge in [-0.1, -0.05) is 12.1 Å². The topological polar surface area (TPSA) is 48.1 Å². The van der Waals surface area contributed by atoms with Gasteiger partial charge in [-0.3, -0.25) is 0 Å². The van der Waals surface area contributed by atoms with E-state index in [4.69, 9.17) is 0 Å². The molecule has 5 nitrogen and oxygen atoms in total. The molecule has 0 spiro atoms. The van der Waals surface area contributed by atoms with Crippen LogP contribution >= 0.6 is 0 Å². The molecule has 0 unspecified atom stereocenters. The number of aromatic amines is 1. The number of hydrogen-bond donors (Lipinski definition) is 1. The highest BCUT2D eigenvalue weighted by atomic mass is 15.3. The van der Waals surface area contributed by atoms with Gasteiger partial charge in [0.15, 0.2) is 0 Å². The van der Waals surface area contributed by atoms with Crippen molar-refractivity contribution >= 4 is 22.5 Å². The van der Waals surface area contributed by atoms with Gasteiger partial charge in [0, 0.05) is 38.1 Å². The fourth-order valence-corrected chi connectivity index (χ4v) is 3.35. The second kappa shape index (κ2) is 5.57. The van der Waals surface area contributed by atoms with Crippen molar-refractivity contribution in [2.75, 3.05) is 36.0 Å². The van der Waals surface area contributed by atoms with Gasteiger partial charge in [-0.2, -0.15) is 0 Å². The van der Waals surface area contributed by atoms with Crippen molar-refractivity contribution < 1.29 is 0 Å². The van der Waals surface area contributed by atoms with E-state index in [1.165, 1.54) is 16.8 Å². The van der Waals surface area contributed by atoms with Crippen molar-refractivity contribution in [2.24, 2.45) is 0 Å². The number of H-pyrrole nitrogens is 1. The third kappa shape index (κ3) is 2.42. The van der Waals surface area contributed by atoms with Crippen molar-refractivity contribution in [3.8, 4) is 0 Å². The monoisotopic (exact) mass is 307 g/mol. The lowest BCUT2D eigenvalue weighted by Crippen LogP contribution is -2.47. The first-order valence-corrected chi connectivity index (χ1v) is 8.08. The Kier molecular flexibility index (Phi) is 3.41. The van der Waals surface area contributed by atoms with Crippen molar-refractivity contribution in [1.82, 2.24) is 15.0 Å². The molecule has 0 bridgehead atoms. The van der Waals surface area contributed by atoms with E-state index in [-0.39, 0.29) is 0 Å². The number of anilines is 2. The molecule has 4 rings (SSSR count). The normalized spacial score (nSPS) is 15.4. The zero-order valence-electron chi connectivity index (χ0n) is 13.6. The lowest BCUT2D eigenvalue weighted by molar-refractivity contribution is 0.647. The molecule has 5 heteroatoms. The summed E-state index contributed by atoms with van der Waals surface area (Å²) in [6.07, 6.45) is 3.57. The number of aryl methyl sites for hydroxylation is 1. The number of rotatable bonds is 2. The molecule has 1 fully saturated rings. The van der Waals surface area contributed by atoms with E-state index in [1.54, 1.807) is 6.33 Å². The quantitative estimate of drug-likeness (QED) is 0.791. The van der Waals surface area contributed by atoms with Gasteiger partial charge in [-0.05, 0) is 37.1 Å². The van der Waals surface area contributed by atoms with Crippen molar-refractivity contribution in [3.63, 3.8) is 0 Å². The van der Waals surface area contributed by atoms with Crippen LogP contribution in [0.2, 0.25) is 0 Å². The van der Waals surface area contributed by atoms with Crippen LogP contribution in [0.25, 0.3) is 11.0 Å². The Hall–Kier alpha value is -2.56. The van der Waals surface area contributed by atoms with Gasteiger partial charge < -0.3 is 14.8 Å². The Bertz CT molecular complexity index is 830. The SMILES string of the molecule is Cc1cccc(N2CCN(c3ncnc4[nH]ccc34)CC2)c1C. The summed E-state index contributed by atoms with van der Waals surface area (Å²) in [6, 6.07) is 8.62. The summed E-state index contributed by atoms with van der Waals surface area (Å²) in [5, 5.41) is 1.10. The largest absolute Gasteiger partial charge is 0.368 e. The molecule has 0 amide bonds. The summed E-state index contributed by atoms with van der Waals surface area (Å²) in [5.74, 6) is 1.04. The molecule has 2 aromatic heterocycles. The first-order chi connectivity index (χ1) is 11.2. The fraction of sp³-hybridized carbons (Fsp3) is 0.333. The lowest BCUT2D eigenvalue weighted by atomic mass is 10.1. The molecule has 1 N–H and O–H groups in total. The molecular weight excluding hydrogens is 286 g/mol. The van der Waals surface area contributed by atoms with E-state index in [0.29, 0.717) is 0 Å². The summed E-state index contributed by atoms with van der Waals surface area (Å²) >= 11 is 0. The van der Waals surface area contributed by atoms with Gasteiger partial charge in [0.05, 0.1) is 5.39 Å². The van der Waals surface area contributed by atoms with E-state index < -0.39 is 0 Å². The van der Waals surface area contributed by atoms with E-state index in [2.05, 4.69) is 62.9 Å².